The standard InChI is InChI=1S/C22H23N3O5/c1-2-29-22(28)25-11-9-24(10-12-25)14-17-18(26)4-3-16-20(27)19(30-21(16)17)13-15-5-7-23-8-6-15/h3-8,13,26H,2,9-12,14H2,1H3/b19-13-. The van der Waals surface area contributed by atoms with Gasteiger partial charge in [-0.25, -0.2) is 4.79 Å². The van der Waals surface area contributed by atoms with Crippen LogP contribution in [0.4, 0.5) is 4.79 Å². The van der Waals surface area contributed by atoms with E-state index in [1.807, 2.05) is 0 Å². The Morgan fingerprint density at radius 1 is 1.20 bits per heavy atom. The Morgan fingerprint density at radius 3 is 2.63 bits per heavy atom. The van der Waals surface area contributed by atoms with Gasteiger partial charge in [-0.1, -0.05) is 0 Å². The van der Waals surface area contributed by atoms with E-state index >= 15 is 0 Å². The molecular formula is C22H23N3O5. The molecule has 0 unspecified atom stereocenters. The molecule has 0 atom stereocenters. The number of hydrogen-bond donors (Lipinski definition) is 1. The molecule has 30 heavy (non-hydrogen) atoms. The monoisotopic (exact) mass is 409 g/mol. The molecule has 1 fully saturated rings. The van der Waals surface area contributed by atoms with Gasteiger partial charge < -0.3 is 19.5 Å². The normalized spacial score (nSPS) is 17.7. The molecule has 1 N–H and O–H groups in total. The van der Waals surface area contributed by atoms with Gasteiger partial charge in [0.25, 0.3) is 0 Å². The van der Waals surface area contributed by atoms with Crippen molar-refractivity contribution in [3.8, 4) is 11.5 Å². The summed E-state index contributed by atoms with van der Waals surface area (Å²) in [5, 5.41) is 10.4. The molecule has 0 aliphatic carbocycles. The number of carbonyl (C=O) groups excluding carboxylic acids is 2. The van der Waals surface area contributed by atoms with Gasteiger partial charge in [0.05, 0.1) is 17.7 Å². The van der Waals surface area contributed by atoms with Gasteiger partial charge in [0.15, 0.2) is 5.76 Å². The smallest absolute Gasteiger partial charge is 0.409 e. The van der Waals surface area contributed by atoms with Crippen molar-refractivity contribution in [1.29, 1.82) is 0 Å². The second-order valence-electron chi connectivity index (χ2n) is 7.12. The lowest BCUT2D eigenvalue weighted by atomic mass is 10.0. The quantitative estimate of drug-likeness (QED) is 0.776. The number of benzene rings is 1. The summed E-state index contributed by atoms with van der Waals surface area (Å²) in [5.74, 6) is 0.484. The lowest BCUT2D eigenvalue weighted by Crippen LogP contribution is -2.48. The van der Waals surface area contributed by atoms with Crippen LogP contribution in [0.15, 0.2) is 42.4 Å². The summed E-state index contributed by atoms with van der Waals surface area (Å²) < 4.78 is 10.9. The molecule has 2 aromatic rings. The number of ether oxygens (including phenoxy) is 2. The van der Waals surface area contributed by atoms with Gasteiger partial charge in [0, 0.05) is 45.1 Å². The number of carbonyl (C=O) groups is 2. The molecular weight excluding hydrogens is 386 g/mol. The number of piperazine rings is 1. The van der Waals surface area contributed by atoms with E-state index < -0.39 is 0 Å². The van der Waals surface area contributed by atoms with E-state index in [-0.39, 0.29) is 23.4 Å². The Kier molecular flexibility index (Phi) is 5.67. The van der Waals surface area contributed by atoms with E-state index in [0.29, 0.717) is 56.2 Å². The SMILES string of the molecule is CCOC(=O)N1CCN(Cc2c(O)ccc3c2O/C(=C\c2ccncc2)C3=O)CC1. The maximum atomic E-state index is 12.8. The molecule has 156 valence electrons. The average molecular weight is 409 g/mol. The van der Waals surface area contributed by atoms with Gasteiger partial charge in [0.2, 0.25) is 5.78 Å². The number of pyridine rings is 1. The summed E-state index contributed by atoms with van der Waals surface area (Å²) >= 11 is 0. The molecule has 2 aliphatic rings. The molecule has 8 heteroatoms. The van der Waals surface area contributed by atoms with Crippen LogP contribution in [0.3, 0.4) is 0 Å². The average Bonchev–Trinajstić information content (AvgIpc) is 3.07. The first-order valence-electron chi connectivity index (χ1n) is 9.90. The van der Waals surface area contributed by atoms with Crippen LogP contribution in [0.5, 0.6) is 11.5 Å². The van der Waals surface area contributed by atoms with Gasteiger partial charge in [-0.15, -0.1) is 0 Å². The van der Waals surface area contributed by atoms with Crippen molar-refractivity contribution in [1.82, 2.24) is 14.8 Å². The largest absolute Gasteiger partial charge is 0.507 e. The number of amides is 1. The van der Waals surface area contributed by atoms with Crippen molar-refractivity contribution < 1.29 is 24.2 Å². The first-order chi connectivity index (χ1) is 14.6. The number of phenols is 1. The minimum atomic E-state index is -0.305. The first kappa shape index (κ1) is 19.9. The first-order valence-corrected chi connectivity index (χ1v) is 9.90. The van der Waals surface area contributed by atoms with Crippen LogP contribution in [-0.4, -0.2) is 64.6 Å². The summed E-state index contributed by atoms with van der Waals surface area (Å²) in [6, 6.07) is 6.68. The van der Waals surface area contributed by atoms with E-state index in [2.05, 4.69) is 9.88 Å². The number of fused-ring (bicyclic) bond motifs is 1. The summed E-state index contributed by atoms with van der Waals surface area (Å²) in [6.07, 6.45) is 4.65. The summed E-state index contributed by atoms with van der Waals surface area (Å²) in [6.45, 7) is 4.91. The summed E-state index contributed by atoms with van der Waals surface area (Å²) in [7, 11) is 0. The molecule has 1 aromatic carbocycles. The van der Waals surface area contributed by atoms with Crippen molar-refractivity contribution in [3.05, 3.63) is 59.1 Å². The maximum Gasteiger partial charge on any atom is 0.409 e. The molecule has 0 saturated carbocycles. The maximum absolute atomic E-state index is 12.8. The van der Waals surface area contributed by atoms with E-state index in [4.69, 9.17) is 9.47 Å². The van der Waals surface area contributed by atoms with Crippen LogP contribution >= 0.6 is 0 Å². The van der Waals surface area contributed by atoms with Crippen molar-refractivity contribution in [2.24, 2.45) is 0 Å². The highest BCUT2D eigenvalue weighted by Crippen LogP contribution is 2.40. The fourth-order valence-electron chi connectivity index (χ4n) is 3.59. The molecule has 8 nitrogen and oxygen atoms in total. The van der Waals surface area contributed by atoms with Crippen molar-refractivity contribution >= 4 is 18.0 Å². The predicted octanol–water partition coefficient (Wildman–Crippen LogP) is 2.68. The molecule has 1 saturated heterocycles. The molecule has 1 amide bonds. The van der Waals surface area contributed by atoms with Crippen LogP contribution in [0.25, 0.3) is 6.08 Å². The third-order valence-electron chi connectivity index (χ3n) is 5.20. The predicted molar refractivity (Wildman–Crippen MR) is 109 cm³/mol. The Morgan fingerprint density at radius 2 is 1.93 bits per heavy atom. The minimum absolute atomic E-state index is 0.0829. The highest BCUT2D eigenvalue weighted by Gasteiger charge is 2.32. The van der Waals surface area contributed by atoms with Gasteiger partial charge in [0.1, 0.15) is 11.5 Å². The van der Waals surface area contributed by atoms with E-state index in [0.717, 1.165) is 5.56 Å². The number of hydrogen-bond acceptors (Lipinski definition) is 7. The molecule has 4 rings (SSSR count). The highest BCUT2D eigenvalue weighted by atomic mass is 16.6. The van der Waals surface area contributed by atoms with Crippen LogP contribution in [0.2, 0.25) is 0 Å². The lowest BCUT2D eigenvalue weighted by Gasteiger charge is -2.34. The Bertz CT molecular complexity index is 982. The van der Waals surface area contributed by atoms with Crippen molar-refractivity contribution in [2.45, 2.75) is 13.5 Å². The summed E-state index contributed by atoms with van der Waals surface area (Å²) in [5.41, 5.74) is 1.82. The van der Waals surface area contributed by atoms with Crippen LogP contribution < -0.4 is 4.74 Å². The lowest BCUT2D eigenvalue weighted by molar-refractivity contribution is 0.0774. The summed E-state index contributed by atoms with van der Waals surface area (Å²) in [4.78, 5) is 32.4. The van der Waals surface area contributed by atoms with Gasteiger partial charge in [-0.3, -0.25) is 14.7 Å². The molecule has 3 heterocycles. The Balaban J connectivity index is 1.50. The zero-order valence-electron chi connectivity index (χ0n) is 16.7. The number of Topliss-reactive ketones (excluding diaryl/α,β-unsaturated/α-hetero) is 1. The fourth-order valence-corrected chi connectivity index (χ4v) is 3.59. The van der Waals surface area contributed by atoms with Crippen molar-refractivity contribution in [3.63, 3.8) is 0 Å². The van der Waals surface area contributed by atoms with Crippen LogP contribution in [-0.2, 0) is 11.3 Å². The topological polar surface area (TPSA) is 92.2 Å². The fraction of sp³-hybridized carbons (Fsp3) is 0.318. The highest BCUT2D eigenvalue weighted by molar-refractivity contribution is 6.15. The van der Waals surface area contributed by atoms with E-state index in [9.17, 15) is 14.7 Å². The third-order valence-corrected chi connectivity index (χ3v) is 5.20. The van der Waals surface area contributed by atoms with Crippen molar-refractivity contribution in [2.75, 3.05) is 32.8 Å². The molecule has 0 bridgehead atoms. The van der Waals surface area contributed by atoms with Gasteiger partial charge in [-0.2, -0.15) is 0 Å². The molecule has 0 spiro atoms. The number of aromatic hydroxyl groups is 1. The Hall–Kier alpha value is -3.39. The third kappa shape index (κ3) is 3.99. The number of ketones is 1. The number of aromatic nitrogens is 1. The number of rotatable bonds is 4. The molecule has 2 aliphatic heterocycles. The van der Waals surface area contributed by atoms with E-state index in [1.54, 1.807) is 48.5 Å². The van der Waals surface area contributed by atoms with Gasteiger partial charge >= 0.3 is 6.09 Å². The second-order valence-corrected chi connectivity index (χ2v) is 7.12. The number of allylic oxidation sites excluding steroid dienone is 1. The number of nitrogens with zero attached hydrogens (tertiary/aromatic N) is 3. The molecule has 1 aromatic heterocycles. The van der Waals surface area contributed by atoms with E-state index in [1.165, 1.54) is 6.07 Å². The van der Waals surface area contributed by atoms with Crippen LogP contribution in [0, 0.1) is 0 Å². The Labute approximate surface area is 174 Å². The molecule has 0 radical (unpaired) electrons. The van der Waals surface area contributed by atoms with Crippen LogP contribution in [0.1, 0.15) is 28.4 Å². The number of phenolic OH excluding ortho intramolecular Hbond substituents is 1. The second kappa shape index (κ2) is 8.54. The minimum Gasteiger partial charge on any atom is -0.507 e. The zero-order chi connectivity index (χ0) is 21.1. The van der Waals surface area contributed by atoms with Gasteiger partial charge in [-0.05, 0) is 42.8 Å². The zero-order valence-corrected chi connectivity index (χ0v) is 16.7.